The third-order valence-electron chi connectivity index (χ3n) is 3.20. The maximum Gasteiger partial charge on any atom is 0.470 e. The molecule has 1 unspecified atom stereocenters. The second kappa shape index (κ2) is 4.65. The molecule has 1 aliphatic carbocycles. The minimum absolute atomic E-state index is 0.0109. The summed E-state index contributed by atoms with van der Waals surface area (Å²) in [4.78, 5) is 42.3. The summed E-state index contributed by atoms with van der Waals surface area (Å²) < 4.78 is 15.7. The first-order valence-electron chi connectivity index (χ1n) is 5.72. The number of rotatable bonds is 3. The van der Waals surface area contributed by atoms with Crippen LogP contribution in [0.3, 0.4) is 0 Å². The quantitative estimate of drug-likeness (QED) is 0.819. The highest BCUT2D eigenvalue weighted by molar-refractivity contribution is 7.46. The van der Waals surface area contributed by atoms with Crippen molar-refractivity contribution in [2.24, 2.45) is 0 Å². The first-order valence-corrected chi connectivity index (χ1v) is 7.25. The van der Waals surface area contributed by atoms with Gasteiger partial charge in [-0.25, -0.2) is 4.57 Å². The van der Waals surface area contributed by atoms with Crippen LogP contribution in [0.4, 0.5) is 0 Å². The summed E-state index contributed by atoms with van der Waals surface area (Å²) in [5.41, 5.74) is -1.36. The van der Waals surface area contributed by atoms with Crippen LogP contribution in [-0.4, -0.2) is 27.0 Å². The van der Waals surface area contributed by atoms with E-state index in [2.05, 4.69) is 4.52 Å². The van der Waals surface area contributed by atoms with E-state index in [-0.39, 0.29) is 29.8 Å². The fourth-order valence-electron chi connectivity index (χ4n) is 2.26. The summed E-state index contributed by atoms with van der Waals surface area (Å²) >= 11 is 0. The number of fused-ring (bicyclic) bond motifs is 1. The number of hydrogen-bond acceptors (Lipinski definition) is 4. The number of hydrogen-bond donors (Lipinski definition) is 2. The summed E-state index contributed by atoms with van der Waals surface area (Å²) in [6, 6.07) is 6.20. The lowest BCUT2D eigenvalue weighted by atomic mass is 9.77. The predicted molar refractivity (Wildman–Crippen MR) is 65.9 cm³/mol. The summed E-state index contributed by atoms with van der Waals surface area (Å²) in [5, 5.41) is 0. The van der Waals surface area contributed by atoms with Gasteiger partial charge in [0.05, 0.1) is 0 Å². The van der Waals surface area contributed by atoms with Crippen molar-refractivity contribution in [3.05, 3.63) is 35.4 Å². The maximum absolute atomic E-state index is 12.4. The normalized spacial score (nSPS) is 23.3. The summed E-state index contributed by atoms with van der Waals surface area (Å²) in [5.74, 6) is -0.918. The Balaban J connectivity index is 2.53. The fraction of sp³-hybridized carbons (Fsp3) is 0.333. The molecule has 0 aliphatic heterocycles. The smallest absolute Gasteiger partial charge is 0.303 e. The Morgan fingerprint density at radius 1 is 1.26 bits per heavy atom. The summed E-state index contributed by atoms with van der Waals surface area (Å²) in [6.45, 7) is 1.55. The Morgan fingerprint density at radius 2 is 1.84 bits per heavy atom. The highest BCUT2D eigenvalue weighted by atomic mass is 31.2. The largest absolute Gasteiger partial charge is 0.470 e. The van der Waals surface area contributed by atoms with E-state index >= 15 is 0 Å². The summed E-state index contributed by atoms with van der Waals surface area (Å²) in [6.07, 6.45) is -0.346. The van der Waals surface area contributed by atoms with Crippen LogP contribution >= 0.6 is 7.82 Å². The van der Waals surface area contributed by atoms with Crippen LogP contribution in [0.25, 0.3) is 0 Å². The van der Waals surface area contributed by atoms with Crippen molar-refractivity contribution in [1.82, 2.24) is 0 Å². The molecule has 0 heterocycles. The van der Waals surface area contributed by atoms with Crippen molar-refractivity contribution in [3.8, 4) is 0 Å². The number of Topliss-reactive ketones (excluding diaryl/α,β-unsaturated/α-hetero) is 2. The molecule has 0 saturated carbocycles. The lowest BCUT2D eigenvalue weighted by Gasteiger charge is -2.34. The first kappa shape index (κ1) is 14.1. The van der Waals surface area contributed by atoms with Crippen LogP contribution in [0.2, 0.25) is 0 Å². The van der Waals surface area contributed by atoms with E-state index in [1.54, 1.807) is 19.1 Å². The van der Waals surface area contributed by atoms with Gasteiger partial charge in [0, 0.05) is 17.5 Å². The van der Waals surface area contributed by atoms with Gasteiger partial charge in [-0.05, 0) is 6.42 Å². The molecule has 2 N–H and O–H groups in total. The molecule has 19 heavy (non-hydrogen) atoms. The minimum atomic E-state index is -4.86. The van der Waals surface area contributed by atoms with Crippen LogP contribution < -0.4 is 0 Å². The molecular weight excluding hydrogens is 271 g/mol. The van der Waals surface area contributed by atoms with Gasteiger partial charge in [-0.3, -0.25) is 14.1 Å². The molecule has 0 bridgehead atoms. The molecule has 1 atom stereocenters. The van der Waals surface area contributed by atoms with Crippen LogP contribution in [-0.2, 0) is 9.09 Å². The molecule has 102 valence electrons. The SMILES string of the molecule is CCC1(OP(=O)(O)O)CC(=O)c2ccccc2C1=O. The van der Waals surface area contributed by atoms with E-state index < -0.39 is 19.2 Å². The van der Waals surface area contributed by atoms with Crippen molar-refractivity contribution in [2.45, 2.75) is 25.4 Å². The average molecular weight is 284 g/mol. The molecule has 6 nitrogen and oxygen atoms in total. The van der Waals surface area contributed by atoms with Gasteiger partial charge in [-0.15, -0.1) is 0 Å². The van der Waals surface area contributed by atoms with E-state index in [0.29, 0.717) is 0 Å². The highest BCUT2D eigenvalue weighted by Crippen LogP contribution is 2.47. The monoisotopic (exact) mass is 284 g/mol. The molecule has 7 heteroatoms. The Morgan fingerprint density at radius 3 is 2.37 bits per heavy atom. The van der Waals surface area contributed by atoms with Crippen molar-refractivity contribution >= 4 is 19.4 Å². The zero-order valence-electron chi connectivity index (χ0n) is 10.2. The Hall–Kier alpha value is -1.33. The van der Waals surface area contributed by atoms with Crippen molar-refractivity contribution in [2.75, 3.05) is 0 Å². The molecule has 0 spiro atoms. The van der Waals surface area contributed by atoms with Crippen LogP contribution in [0.1, 0.15) is 40.5 Å². The Kier molecular flexibility index (Phi) is 3.45. The molecule has 0 fully saturated rings. The van der Waals surface area contributed by atoms with Gasteiger partial charge in [-0.2, -0.15) is 0 Å². The molecule has 0 amide bonds. The molecule has 0 saturated heterocycles. The van der Waals surface area contributed by atoms with Gasteiger partial charge in [0.25, 0.3) is 0 Å². The standard InChI is InChI=1S/C12H13O6P/c1-2-12(18-19(15,16)17)7-10(13)8-5-3-4-6-9(8)11(12)14/h3-6H,2,7H2,1H3,(H2,15,16,17). The number of carbonyl (C=O) groups is 2. The molecule has 1 aromatic rings. The molecule has 1 aromatic carbocycles. The number of carbonyl (C=O) groups excluding carboxylic acids is 2. The van der Waals surface area contributed by atoms with Gasteiger partial charge in [0.1, 0.15) is 5.60 Å². The second-order valence-electron chi connectivity index (χ2n) is 4.40. The van der Waals surface area contributed by atoms with Crippen molar-refractivity contribution in [3.63, 3.8) is 0 Å². The van der Waals surface area contributed by atoms with Gasteiger partial charge in [-0.1, -0.05) is 31.2 Å². The van der Waals surface area contributed by atoms with Crippen molar-refractivity contribution < 1.29 is 28.5 Å². The Labute approximate surface area is 109 Å². The van der Waals surface area contributed by atoms with E-state index in [4.69, 9.17) is 9.79 Å². The predicted octanol–water partition coefficient (Wildman–Crippen LogP) is 1.71. The van der Waals surface area contributed by atoms with Crippen LogP contribution in [0, 0.1) is 0 Å². The topological polar surface area (TPSA) is 101 Å². The number of ketones is 2. The number of phosphoric ester groups is 1. The maximum atomic E-state index is 12.4. The van der Waals surface area contributed by atoms with E-state index in [1.807, 2.05) is 0 Å². The number of phosphoric acid groups is 1. The molecule has 1 aliphatic rings. The first-order chi connectivity index (χ1) is 8.79. The molecular formula is C12H13O6P. The van der Waals surface area contributed by atoms with Crippen LogP contribution in [0.5, 0.6) is 0 Å². The lowest BCUT2D eigenvalue weighted by Crippen LogP contribution is -2.46. The van der Waals surface area contributed by atoms with Gasteiger partial charge in [0.15, 0.2) is 11.6 Å². The van der Waals surface area contributed by atoms with Crippen molar-refractivity contribution in [1.29, 1.82) is 0 Å². The molecule has 0 radical (unpaired) electrons. The van der Waals surface area contributed by atoms with E-state index in [0.717, 1.165) is 0 Å². The number of benzene rings is 1. The zero-order valence-corrected chi connectivity index (χ0v) is 11.1. The minimum Gasteiger partial charge on any atom is -0.303 e. The van der Waals surface area contributed by atoms with E-state index in [9.17, 15) is 14.2 Å². The highest BCUT2D eigenvalue weighted by Gasteiger charge is 2.49. The second-order valence-corrected chi connectivity index (χ2v) is 5.57. The third kappa shape index (κ3) is 2.53. The lowest BCUT2D eigenvalue weighted by molar-refractivity contribution is 0.0201. The van der Waals surface area contributed by atoms with Gasteiger partial charge < -0.3 is 9.79 Å². The summed E-state index contributed by atoms with van der Waals surface area (Å²) in [7, 11) is -4.86. The average Bonchev–Trinajstić information content (AvgIpc) is 2.34. The van der Waals surface area contributed by atoms with E-state index in [1.165, 1.54) is 12.1 Å². The van der Waals surface area contributed by atoms with Gasteiger partial charge >= 0.3 is 7.82 Å². The zero-order chi connectivity index (χ0) is 14.3. The Bertz CT molecular complexity index is 590. The fourth-order valence-corrected chi connectivity index (χ4v) is 2.99. The molecule has 2 rings (SSSR count). The third-order valence-corrected chi connectivity index (χ3v) is 3.78. The van der Waals surface area contributed by atoms with Crippen LogP contribution in [0.15, 0.2) is 24.3 Å². The van der Waals surface area contributed by atoms with Gasteiger partial charge in [0.2, 0.25) is 0 Å². The molecule has 0 aromatic heterocycles.